The van der Waals surface area contributed by atoms with Crippen LogP contribution in [0.1, 0.15) is 26.5 Å². The molecule has 0 saturated heterocycles. The van der Waals surface area contributed by atoms with Gasteiger partial charge < -0.3 is 5.32 Å². The molecule has 0 spiro atoms. The molecule has 1 amide bonds. The highest BCUT2D eigenvalue weighted by atomic mass is 35.5. The maximum Gasteiger partial charge on any atom is 0.308 e. The van der Waals surface area contributed by atoms with Crippen LogP contribution >= 0.6 is 22.9 Å². The highest BCUT2D eigenvalue weighted by molar-refractivity contribution is 7.89. The quantitative estimate of drug-likeness (QED) is 0.564. The van der Waals surface area contributed by atoms with Crippen LogP contribution in [0.3, 0.4) is 0 Å². The molecule has 7 nitrogen and oxygen atoms in total. The normalized spacial score (nSPS) is 11.6. The van der Waals surface area contributed by atoms with Crippen molar-refractivity contribution in [2.45, 2.75) is 24.9 Å². The number of sulfonamides is 1. The number of carbonyl (C=O) groups excluding carboxylic acids is 1. The van der Waals surface area contributed by atoms with Gasteiger partial charge in [-0.1, -0.05) is 47.2 Å². The molecule has 0 saturated carbocycles. The number of nitrogens with one attached hydrogen (secondary N) is 1. The molecule has 0 aliphatic rings. The van der Waals surface area contributed by atoms with E-state index in [1.807, 2.05) is 6.07 Å². The molecule has 0 bridgehead atoms. The van der Waals surface area contributed by atoms with Gasteiger partial charge in [-0.25, -0.2) is 12.7 Å². The van der Waals surface area contributed by atoms with Crippen LogP contribution in [0.25, 0.3) is 0 Å². The Morgan fingerprint density at radius 1 is 1.13 bits per heavy atom. The molecule has 0 aliphatic carbocycles. The van der Waals surface area contributed by atoms with Gasteiger partial charge in [0.15, 0.2) is 0 Å². The second kappa shape index (κ2) is 9.35. The Morgan fingerprint density at radius 3 is 2.42 bits per heavy atom. The lowest BCUT2D eigenvalue weighted by Crippen LogP contribution is -2.23. The number of thiazole rings is 1. The van der Waals surface area contributed by atoms with E-state index in [0.717, 1.165) is 26.8 Å². The fraction of sp³-hybridized carbons (Fsp3) is 0.238. The molecule has 0 atom stereocenters. The summed E-state index contributed by atoms with van der Waals surface area (Å²) in [5.74, 6) is -0.328. The molecule has 0 radical (unpaired) electrons. The molecular formula is C21H22ClN3O4S2. The molecule has 10 heteroatoms. The van der Waals surface area contributed by atoms with Crippen LogP contribution in [0.15, 0.2) is 58.2 Å². The number of aromatic nitrogens is 1. The highest BCUT2D eigenvalue weighted by Crippen LogP contribution is 2.17. The average molecular weight is 480 g/mol. The van der Waals surface area contributed by atoms with Crippen molar-refractivity contribution in [3.8, 4) is 0 Å². The van der Waals surface area contributed by atoms with Crippen LogP contribution in [0.5, 0.6) is 0 Å². The van der Waals surface area contributed by atoms with Gasteiger partial charge in [0.05, 0.1) is 11.4 Å². The molecule has 0 fully saturated rings. The van der Waals surface area contributed by atoms with E-state index in [1.54, 1.807) is 37.3 Å². The number of halogens is 1. The molecule has 1 heterocycles. The van der Waals surface area contributed by atoms with Crippen molar-refractivity contribution in [3.05, 3.63) is 84.9 Å². The summed E-state index contributed by atoms with van der Waals surface area (Å²) in [5.41, 5.74) is 2.17. The molecule has 31 heavy (non-hydrogen) atoms. The van der Waals surface area contributed by atoms with Gasteiger partial charge in [0.2, 0.25) is 10.0 Å². The fourth-order valence-corrected chi connectivity index (χ4v) is 4.96. The molecule has 164 valence electrons. The lowest BCUT2D eigenvalue weighted by molar-refractivity contribution is 0.0954. The third kappa shape index (κ3) is 5.24. The van der Waals surface area contributed by atoms with Gasteiger partial charge in [0, 0.05) is 31.4 Å². The van der Waals surface area contributed by atoms with Gasteiger partial charge in [-0.15, -0.1) is 0 Å². The van der Waals surface area contributed by atoms with Crippen LogP contribution < -0.4 is 10.2 Å². The number of amides is 1. The van der Waals surface area contributed by atoms with Crippen molar-refractivity contribution < 1.29 is 13.2 Å². The molecular weight excluding hydrogens is 458 g/mol. The monoisotopic (exact) mass is 479 g/mol. The summed E-state index contributed by atoms with van der Waals surface area (Å²) in [6.07, 6.45) is 0. The number of carbonyl (C=O) groups is 1. The zero-order valence-electron chi connectivity index (χ0n) is 17.3. The largest absolute Gasteiger partial charge is 0.347 e. The van der Waals surface area contributed by atoms with Crippen molar-refractivity contribution >= 4 is 38.9 Å². The van der Waals surface area contributed by atoms with E-state index in [4.69, 9.17) is 11.6 Å². The van der Waals surface area contributed by atoms with E-state index >= 15 is 0 Å². The number of rotatable bonds is 7. The van der Waals surface area contributed by atoms with E-state index in [9.17, 15) is 18.0 Å². The number of hydrogen-bond acceptors (Lipinski definition) is 5. The first-order valence-corrected chi connectivity index (χ1v) is 12.0. The van der Waals surface area contributed by atoms with Gasteiger partial charge >= 0.3 is 4.87 Å². The Hall–Kier alpha value is -2.46. The summed E-state index contributed by atoms with van der Waals surface area (Å²) in [7, 11) is -0.579. The predicted molar refractivity (Wildman–Crippen MR) is 122 cm³/mol. The smallest absolute Gasteiger partial charge is 0.308 e. The molecule has 3 aromatic rings. The van der Waals surface area contributed by atoms with Crippen molar-refractivity contribution in [1.29, 1.82) is 0 Å². The number of hydrogen-bond donors (Lipinski definition) is 1. The summed E-state index contributed by atoms with van der Waals surface area (Å²) in [6, 6.07) is 13.5. The number of nitrogens with zero attached hydrogens (tertiary/aromatic N) is 2. The Morgan fingerprint density at radius 2 is 1.81 bits per heavy atom. The summed E-state index contributed by atoms with van der Waals surface area (Å²) in [5, 5.41) is 3.40. The van der Waals surface area contributed by atoms with Crippen LogP contribution in [0.2, 0.25) is 5.02 Å². The maximum absolute atomic E-state index is 12.6. The minimum atomic E-state index is -3.52. The lowest BCUT2D eigenvalue weighted by Gasteiger charge is -2.12. The highest BCUT2D eigenvalue weighted by Gasteiger charge is 2.19. The topological polar surface area (TPSA) is 88.5 Å². The molecule has 3 rings (SSSR count). The number of benzene rings is 2. The molecule has 1 aromatic heterocycles. The molecule has 1 N–H and O–H groups in total. The molecule has 0 unspecified atom stereocenters. The molecule has 2 aromatic carbocycles. The lowest BCUT2D eigenvalue weighted by atomic mass is 10.2. The van der Waals surface area contributed by atoms with Crippen molar-refractivity contribution in [2.24, 2.45) is 0 Å². The Balaban J connectivity index is 1.75. The Labute approximate surface area is 190 Å². The van der Waals surface area contributed by atoms with E-state index in [-0.39, 0.29) is 22.2 Å². The first-order valence-electron chi connectivity index (χ1n) is 9.34. The van der Waals surface area contributed by atoms with Gasteiger partial charge in [-0.3, -0.25) is 14.2 Å². The zero-order chi connectivity index (χ0) is 22.8. The maximum atomic E-state index is 12.6. The van der Waals surface area contributed by atoms with Gasteiger partial charge in [0.1, 0.15) is 4.88 Å². The minimum Gasteiger partial charge on any atom is -0.347 e. The van der Waals surface area contributed by atoms with E-state index < -0.39 is 10.0 Å². The van der Waals surface area contributed by atoms with Crippen molar-refractivity contribution in [3.63, 3.8) is 0 Å². The van der Waals surface area contributed by atoms with E-state index in [0.29, 0.717) is 22.1 Å². The van der Waals surface area contributed by atoms with E-state index in [2.05, 4.69) is 5.32 Å². The van der Waals surface area contributed by atoms with Crippen LogP contribution in [-0.4, -0.2) is 37.3 Å². The molecule has 0 aliphatic heterocycles. The second-order valence-electron chi connectivity index (χ2n) is 7.11. The Bertz CT molecular complexity index is 1260. The third-order valence-corrected chi connectivity index (χ3v) is 7.88. The summed E-state index contributed by atoms with van der Waals surface area (Å²) < 4.78 is 27.0. The van der Waals surface area contributed by atoms with Gasteiger partial charge in [0.25, 0.3) is 5.91 Å². The van der Waals surface area contributed by atoms with E-state index in [1.165, 1.54) is 30.8 Å². The average Bonchev–Trinajstić information content (AvgIpc) is 3.00. The van der Waals surface area contributed by atoms with Crippen LogP contribution in [-0.2, 0) is 23.1 Å². The first kappa shape index (κ1) is 23.2. The summed E-state index contributed by atoms with van der Waals surface area (Å²) in [4.78, 5) is 25.4. The second-order valence-corrected chi connectivity index (χ2v) is 10.7. The Kier molecular flexibility index (Phi) is 7.00. The van der Waals surface area contributed by atoms with Gasteiger partial charge in [-0.05, 0) is 42.3 Å². The van der Waals surface area contributed by atoms with Crippen LogP contribution in [0, 0.1) is 6.92 Å². The fourth-order valence-electron chi connectivity index (χ4n) is 2.94. The summed E-state index contributed by atoms with van der Waals surface area (Å²) in [6.45, 7) is 2.26. The standard InChI is InChI=1S/C21H22ClN3O4S2/c1-14-19(20(26)23-12-16-5-4-6-17(22)11-16)30-21(27)25(14)13-15-7-9-18(10-8-15)31(28,29)24(2)3/h4-11H,12-13H2,1-3H3,(H,23,26). The van der Waals surface area contributed by atoms with Crippen molar-refractivity contribution in [1.82, 2.24) is 14.2 Å². The third-order valence-electron chi connectivity index (χ3n) is 4.73. The summed E-state index contributed by atoms with van der Waals surface area (Å²) >= 11 is 6.85. The first-order chi connectivity index (χ1) is 14.6. The zero-order valence-corrected chi connectivity index (χ0v) is 19.6. The van der Waals surface area contributed by atoms with Gasteiger partial charge in [-0.2, -0.15) is 0 Å². The van der Waals surface area contributed by atoms with Crippen LogP contribution in [0.4, 0.5) is 0 Å². The van der Waals surface area contributed by atoms with Crippen molar-refractivity contribution in [2.75, 3.05) is 14.1 Å². The predicted octanol–water partition coefficient (Wildman–Crippen LogP) is 3.10. The minimum absolute atomic E-state index is 0.178. The SMILES string of the molecule is Cc1c(C(=O)NCc2cccc(Cl)c2)sc(=O)n1Cc1ccc(S(=O)(=O)N(C)C)cc1.